The number of benzene rings is 1. The van der Waals surface area contributed by atoms with Crippen LogP contribution < -0.4 is 5.32 Å². The maximum atomic E-state index is 5.96. The van der Waals surface area contributed by atoms with Gasteiger partial charge in [0.25, 0.3) is 0 Å². The lowest BCUT2D eigenvalue weighted by Crippen LogP contribution is -2.39. The number of hydrogen-bond acceptors (Lipinski definition) is 2. The van der Waals surface area contributed by atoms with Gasteiger partial charge in [-0.3, -0.25) is 0 Å². The van der Waals surface area contributed by atoms with Crippen LogP contribution in [0.25, 0.3) is 0 Å². The molecule has 21 heavy (non-hydrogen) atoms. The zero-order chi connectivity index (χ0) is 15.9. The molecule has 0 saturated heterocycles. The van der Waals surface area contributed by atoms with Gasteiger partial charge in [-0.05, 0) is 77.6 Å². The van der Waals surface area contributed by atoms with Crippen LogP contribution in [0, 0.1) is 5.92 Å². The normalized spacial score (nSPS) is 13.7. The summed E-state index contributed by atoms with van der Waals surface area (Å²) in [6.07, 6.45) is 2.43. The highest BCUT2D eigenvalue weighted by molar-refractivity contribution is 6.30. The Labute approximate surface area is 135 Å². The van der Waals surface area contributed by atoms with Crippen molar-refractivity contribution in [1.29, 1.82) is 0 Å². The van der Waals surface area contributed by atoms with Crippen molar-refractivity contribution < 1.29 is 4.74 Å². The first kappa shape index (κ1) is 18.5. The van der Waals surface area contributed by atoms with Gasteiger partial charge in [0.05, 0.1) is 6.10 Å². The molecule has 0 aliphatic heterocycles. The predicted molar refractivity (Wildman–Crippen MR) is 92.1 cm³/mol. The summed E-state index contributed by atoms with van der Waals surface area (Å²) in [6.45, 7) is 12.6. The Kier molecular flexibility index (Phi) is 7.72. The van der Waals surface area contributed by atoms with Crippen molar-refractivity contribution in [2.75, 3.05) is 13.2 Å². The summed E-state index contributed by atoms with van der Waals surface area (Å²) in [7, 11) is 0. The van der Waals surface area contributed by atoms with Crippen LogP contribution >= 0.6 is 11.6 Å². The van der Waals surface area contributed by atoms with Crippen molar-refractivity contribution in [3.8, 4) is 0 Å². The average molecular weight is 312 g/mol. The van der Waals surface area contributed by atoms with Gasteiger partial charge in [0.2, 0.25) is 0 Å². The summed E-state index contributed by atoms with van der Waals surface area (Å²) in [5, 5.41) is 4.41. The molecule has 3 heteroatoms. The summed E-state index contributed by atoms with van der Waals surface area (Å²) in [4.78, 5) is 0. The Hall–Kier alpha value is -0.570. The van der Waals surface area contributed by atoms with Crippen LogP contribution in [0.15, 0.2) is 24.3 Å². The Balaban J connectivity index is 2.55. The van der Waals surface area contributed by atoms with Crippen molar-refractivity contribution in [1.82, 2.24) is 5.32 Å². The quantitative estimate of drug-likeness (QED) is 0.751. The number of ether oxygens (including phenoxy) is 1. The second-order valence-electron chi connectivity index (χ2n) is 7.04. The van der Waals surface area contributed by atoms with Crippen molar-refractivity contribution in [2.45, 2.75) is 59.1 Å². The van der Waals surface area contributed by atoms with E-state index in [9.17, 15) is 0 Å². The van der Waals surface area contributed by atoms with Crippen LogP contribution in [0.1, 0.15) is 46.6 Å². The molecule has 0 aliphatic rings. The maximum Gasteiger partial charge on any atom is 0.0518 e. The molecule has 0 spiro atoms. The molecule has 1 aromatic carbocycles. The number of halogens is 1. The Morgan fingerprint density at radius 2 is 1.76 bits per heavy atom. The van der Waals surface area contributed by atoms with E-state index in [-0.39, 0.29) is 5.54 Å². The second kappa shape index (κ2) is 8.77. The number of nitrogens with one attached hydrogen (secondary N) is 1. The lowest BCUT2D eigenvalue weighted by Gasteiger charge is -2.26. The minimum Gasteiger partial charge on any atom is -0.379 e. The van der Waals surface area contributed by atoms with E-state index in [4.69, 9.17) is 16.3 Å². The molecule has 0 amide bonds. The fourth-order valence-electron chi connectivity index (χ4n) is 2.15. The minimum absolute atomic E-state index is 0.150. The van der Waals surface area contributed by atoms with E-state index in [0.717, 1.165) is 31.0 Å². The summed E-state index contributed by atoms with van der Waals surface area (Å²) in [5.74, 6) is 0.573. The zero-order valence-corrected chi connectivity index (χ0v) is 14.8. The third kappa shape index (κ3) is 9.13. The lowest BCUT2D eigenvalue weighted by molar-refractivity contribution is 0.0677. The molecule has 120 valence electrons. The van der Waals surface area contributed by atoms with E-state index >= 15 is 0 Å². The highest BCUT2D eigenvalue weighted by atomic mass is 35.5. The third-order valence-corrected chi connectivity index (χ3v) is 3.59. The van der Waals surface area contributed by atoms with Crippen molar-refractivity contribution >= 4 is 11.6 Å². The molecule has 1 rings (SSSR count). The Bertz CT molecular complexity index is 395. The predicted octanol–water partition coefficient (Wildman–Crippen LogP) is 4.70. The van der Waals surface area contributed by atoms with E-state index in [2.05, 4.69) is 52.1 Å². The summed E-state index contributed by atoms with van der Waals surface area (Å²) >= 11 is 5.96. The summed E-state index contributed by atoms with van der Waals surface area (Å²) < 4.78 is 5.71. The fourth-order valence-corrected chi connectivity index (χ4v) is 2.28. The van der Waals surface area contributed by atoms with Gasteiger partial charge in [0.15, 0.2) is 0 Å². The van der Waals surface area contributed by atoms with Crippen LogP contribution in [0.3, 0.4) is 0 Å². The standard InChI is InChI=1S/C18H30ClNO/c1-14(2)21-11-10-16(13-20-18(3,4)5)12-15-6-8-17(19)9-7-15/h6-9,14,16,20H,10-13H2,1-5H3. The van der Waals surface area contributed by atoms with E-state index in [0.29, 0.717) is 12.0 Å². The van der Waals surface area contributed by atoms with E-state index in [1.807, 2.05) is 12.1 Å². The first-order valence-corrected chi connectivity index (χ1v) is 8.25. The van der Waals surface area contributed by atoms with Gasteiger partial charge in [-0.25, -0.2) is 0 Å². The van der Waals surface area contributed by atoms with Gasteiger partial charge < -0.3 is 10.1 Å². The molecule has 0 bridgehead atoms. The van der Waals surface area contributed by atoms with Crippen molar-refractivity contribution in [3.63, 3.8) is 0 Å². The Morgan fingerprint density at radius 1 is 1.14 bits per heavy atom. The lowest BCUT2D eigenvalue weighted by atomic mass is 9.95. The number of hydrogen-bond donors (Lipinski definition) is 1. The largest absolute Gasteiger partial charge is 0.379 e. The first-order valence-electron chi connectivity index (χ1n) is 7.87. The van der Waals surface area contributed by atoms with Crippen LogP contribution in [0.5, 0.6) is 0 Å². The van der Waals surface area contributed by atoms with Crippen molar-refractivity contribution in [2.24, 2.45) is 5.92 Å². The summed E-state index contributed by atoms with van der Waals surface area (Å²) in [5.41, 5.74) is 1.49. The molecule has 1 aromatic rings. The monoisotopic (exact) mass is 311 g/mol. The third-order valence-electron chi connectivity index (χ3n) is 3.34. The molecule has 1 N–H and O–H groups in total. The van der Waals surface area contributed by atoms with Crippen LogP contribution in [0.4, 0.5) is 0 Å². The van der Waals surface area contributed by atoms with Gasteiger partial charge in [-0.1, -0.05) is 23.7 Å². The molecule has 1 atom stereocenters. The van der Waals surface area contributed by atoms with Crippen molar-refractivity contribution in [3.05, 3.63) is 34.9 Å². The minimum atomic E-state index is 0.150. The van der Waals surface area contributed by atoms with Gasteiger partial charge in [-0.2, -0.15) is 0 Å². The molecule has 0 aromatic heterocycles. The topological polar surface area (TPSA) is 21.3 Å². The molecular weight excluding hydrogens is 282 g/mol. The van der Waals surface area contributed by atoms with Crippen LogP contribution in [-0.2, 0) is 11.2 Å². The fraction of sp³-hybridized carbons (Fsp3) is 0.667. The highest BCUT2D eigenvalue weighted by Gasteiger charge is 2.15. The van der Waals surface area contributed by atoms with Gasteiger partial charge in [-0.15, -0.1) is 0 Å². The molecular formula is C18H30ClNO. The van der Waals surface area contributed by atoms with Gasteiger partial charge in [0.1, 0.15) is 0 Å². The van der Waals surface area contributed by atoms with Crippen LogP contribution in [-0.4, -0.2) is 24.8 Å². The van der Waals surface area contributed by atoms with Gasteiger partial charge in [0, 0.05) is 17.2 Å². The molecule has 0 radical (unpaired) electrons. The van der Waals surface area contributed by atoms with Crippen LogP contribution in [0.2, 0.25) is 5.02 Å². The Morgan fingerprint density at radius 3 is 2.29 bits per heavy atom. The average Bonchev–Trinajstić information content (AvgIpc) is 2.37. The zero-order valence-electron chi connectivity index (χ0n) is 14.1. The maximum absolute atomic E-state index is 5.96. The molecule has 0 heterocycles. The highest BCUT2D eigenvalue weighted by Crippen LogP contribution is 2.16. The first-order chi connectivity index (χ1) is 9.76. The molecule has 1 unspecified atom stereocenters. The molecule has 0 fully saturated rings. The van der Waals surface area contributed by atoms with E-state index in [1.54, 1.807) is 0 Å². The second-order valence-corrected chi connectivity index (χ2v) is 7.47. The van der Waals surface area contributed by atoms with E-state index < -0.39 is 0 Å². The summed E-state index contributed by atoms with van der Waals surface area (Å²) in [6, 6.07) is 8.18. The SMILES string of the molecule is CC(C)OCCC(CNC(C)(C)C)Cc1ccc(Cl)cc1. The molecule has 2 nitrogen and oxygen atoms in total. The van der Waals surface area contributed by atoms with Gasteiger partial charge >= 0.3 is 0 Å². The number of rotatable bonds is 8. The molecule has 0 saturated carbocycles. The smallest absolute Gasteiger partial charge is 0.0518 e. The molecule has 0 aliphatic carbocycles. The van der Waals surface area contributed by atoms with E-state index in [1.165, 1.54) is 5.56 Å².